The molecule has 20 heavy (non-hydrogen) atoms. The van der Waals surface area contributed by atoms with E-state index < -0.39 is 0 Å². The summed E-state index contributed by atoms with van der Waals surface area (Å²) in [4.78, 5) is 0. The predicted octanol–water partition coefficient (Wildman–Crippen LogP) is 5.07. The summed E-state index contributed by atoms with van der Waals surface area (Å²) in [6.07, 6.45) is 13.0. The lowest BCUT2D eigenvalue weighted by atomic mass is 9.87. The van der Waals surface area contributed by atoms with Crippen LogP contribution in [0, 0.1) is 11.8 Å². The standard InChI is InChI=1S/C19H27N/c1-6-10-11-15(7-2)19(20)14(5)17(8-3)18(9-4)16-12-13-16/h6-7,9-11,14,16H,1-2,4,8,12-13,20H2,3,5H3/b11-10-,18-17+,19-15-. The first-order valence-corrected chi connectivity index (χ1v) is 7.37. The molecule has 1 aliphatic carbocycles. The van der Waals surface area contributed by atoms with Gasteiger partial charge in [-0.1, -0.05) is 69.5 Å². The fourth-order valence-electron chi connectivity index (χ4n) is 2.61. The summed E-state index contributed by atoms with van der Waals surface area (Å²) in [7, 11) is 0. The normalized spacial score (nSPS) is 19.1. The molecule has 1 fully saturated rings. The van der Waals surface area contributed by atoms with Gasteiger partial charge in [0.25, 0.3) is 0 Å². The molecule has 1 nitrogen and oxygen atoms in total. The van der Waals surface area contributed by atoms with E-state index >= 15 is 0 Å². The van der Waals surface area contributed by atoms with Crippen molar-refractivity contribution in [1.82, 2.24) is 0 Å². The minimum absolute atomic E-state index is 0.219. The first kappa shape index (κ1) is 16.3. The minimum Gasteiger partial charge on any atom is -0.401 e. The molecule has 1 aliphatic rings. The van der Waals surface area contributed by atoms with Gasteiger partial charge in [-0.25, -0.2) is 0 Å². The highest BCUT2D eigenvalue weighted by atomic mass is 14.6. The monoisotopic (exact) mass is 269 g/mol. The van der Waals surface area contributed by atoms with Gasteiger partial charge in [-0.05, 0) is 36.3 Å². The van der Waals surface area contributed by atoms with Crippen LogP contribution >= 0.6 is 0 Å². The fourth-order valence-corrected chi connectivity index (χ4v) is 2.61. The number of rotatable bonds is 8. The van der Waals surface area contributed by atoms with Gasteiger partial charge in [0.15, 0.2) is 0 Å². The van der Waals surface area contributed by atoms with Gasteiger partial charge < -0.3 is 5.73 Å². The lowest BCUT2D eigenvalue weighted by Crippen LogP contribution is -2.15. The first-order chi connectivity index (χ1) is 9.60. The van der Waals surface area contributed by atoms with Crippen molar-refractivity contribution in [2.45, 2.75) is 33.1 Å². The molecule has 0 aliphatic heterocycles. The van der Waals surface area contributed by atoms with Gasteiger partial charge >= 0.3 is 0 Å². The molecule has 1 rings (SSSR count). The molecule has 0 saturated heterocycles. The lowest BCUT2D eigenvalue weighted by Gasteiger charge is -2.20. The van der Waals surface area contributed by atoms with Crippen LogP contribution in [-0.4, -0.2) is 0 Å². The summed E-state index contributed by atoms with van der Waals surface area (Å²) in [5, 5.41) is 0. The van der Waals surface area contributed by atoms with Gasteiger partial charge in [0, 0.05) is 11.6 Å². The van der Waals surface area contributed by atoms with Crippen LogP contribution < -0.4 is 5.73 Å². The fraction of sp³-hybridized carbons (Fsp3) is 0.368. The first-order valence-electron chi connectivity index (χ1n) is 7.37. The van der Waals surface area contributed by atoms with Crippen molar-refractivity contribution in [2.24, 2.45) is 17.6 Å². The highest BCUT2D eigenvalue weighted by Crippen LogP contribution is 2.41. The van der Waals surface area contributed by atoms with E-state index in [1.165, 1.54) is 24.0 Å². The maximum Gasteiger partial charge on any atom is 0.0224 e. The lowest BCUT2D eigenvalue weighted by molar-refractivity contribution is 0.724. The zero-order chi connectivity index (χ0) is 15.1. The highest BCUT2D eigenvalue weighted by molar-refractivity contribution is 5.41. The van der Waals surface area contributed by atoms with Crippen LogP contribution in [0.1, 0.15) is 33.1 Å². The molecule has 0 spiro atoms. The highest BCUT2D eigenvalue weighted by Gasteiger charge is 2.28. The zero-order valence-corrected chi connectivity index (χ0v) is 12.9. The Labute approximate surface area is 124 Å². The molecule has 0 amide bonds. The predicted molar refractivity (Wildman–Crippen MR) is 90.1 cm³/mol. The molecule has 108 valence electrons. The topological polar surface area (TPSA) is 26.0 Å². The number of hydrogen-bond acceptors (Lipinski definition) is 1. The number of allylic oxidation sites excluding steroid dienone is 8. The third-order valence-corrected chi connectivity index (χ3v) is 3.94. The Bertz CT molecular complexity index is 470. The van der Waals surface area contributed by atoms with Crippen LogP contribution in [0.25, 0.3) is 0 Å². The Kier molecular flexibility index (Phi) is 6.30. The molecule has 2 N–H and O–H groups in total. The zero-order valence-electron chi connectivity index (χ0n) is 12.9. The van der Waals surface area contributed by atoms with Crippen LogP contribution in [0.4, 0.5) is 0 Å². The van der Waals surface area contributed by atoms with Gasteiger partial charge in [0.1, 0.15) is 0 Å². The molecule has 0 aromatic carbocycles. The summed E-state index contributed by atoms with van der Waals surface area (Å²) in [5.41, 5.74) is 11.0. The van der Waals surface area contributed by atoms with Gasteiger partial charge in [0.2, 0.25) is 0 Å². The second-order valence-electron chi connectivity index (χ2n) is 5.24. The Morgan fingerprint density at radius 1 is 1.25 bits per heavy atom. The maximum absolute atomic E-state index is 6.36. The summed E-state index contributed by atoms with van der Waals surface area (Å²) < 4.78 is 0. The van der Waals surface area contributed by atoms with E-state index in [2.05, 4.69) is 33.6 Å². The maximum atomic E-state index is 6.36. The molecule has 0 radical (unpaired) electrons. The van der Waals surface area contributed by atoms with Crippen LogP contribution in [0.15, 0.2) is 72.5 Å². The number of nitrogens with two attached hydrogens (primary N) is 1. The molecule has 1 atom stereocenters. The van der Waals surface area contributed by atoms with E-state index in [-0.39, 0.29) is 5.92 Å². The molecular formula is C19H27N. The molecule has 0 aromatic rings. The van der Waals surface area contributed by atoms with Crippen LogP contribution in [0.2, 0.25) is 0 Å². The quantitative estimate of drug-likeness (QED) is 0.612. The number of hydrogen-bond donors (Lipinski definition) is 1. The van der Waals surface area contributed by atoms with Gasteiger partial charge in [0.05, 0.1) is 0 Å². The summed E-state index contributed by atoms with van der Waals surface area (Å²) in [5.74, 6) is 0.921. The third-order valence-electron chi connectivity index (χ3n) is 3.94. The summed E-state index contributed by atoms with van der Waals surface area (Å²) in [6, 6.07) is 0. The molecule has 0 bridgehead atoms. The van der Waals surface area contributed by atoms with E-state index in [1.54, 1.807) is 6.08 Å². The molecule has 0 aromatic heterocycles. The van der Waals surface area contributed by atoms with Crippen molar-refractivity contribution in [3.8, 4) is 0 Å². The van der Waals surface area contributed by atoms with Gasteiger partial charge in [-0.15, -0.1) is 0 Å². The minimum atomic E-state index is 0.219. The van der Waals surface area contributed by atoms with Crippen LogP contribution in [0.5, 0.6) is 0 Å². The SMILES string of the molecule is C=C/C=C\C(C=C)=C(/N)C(C)/C(CC)=C(\C=C)C1CC1. The summed E-state index contributed by atoms with van der Waals surface area (Å²) >= 11 is 0. The smallest absolute Gasteiger partial charge is 0.0224 e. The Hall–Kier alpha value is -1.76. The van der Waals surface area contributed by atoms with Crippen LogP contribution in [-0.2, 0) is 0 Å². The van der Waals surface area contributed by atoms with Crippen molar-refractivity contribution < 1.29 is 0 Å². The second kappa shape index (κ2) is 7.74. The Balaban J connectivity index is 3.17. The van der Waals surface area contributed by atoms with Crippen molar-refractivity contribution in [3.05, 3.63) is 72.5 Å². The Morgan fingerprint density at radius 2 is 1.90 bits per heavy atom. The average molecular weight is 269 g/mol. The van der Waals surface area contributed by atoms with Gasteiger partial charge in [-0.2, -0.15) is 0 Å². The van der Waals surface area contributed by atoms with Gasteiger partial charge in [-0.3, -0.25) is 0 Å². The third kappa shape index (κ3) is 3.86. The van der Waals surface area contributed by atoms with E-state index in [4.69, 9.17) is 5.73 Å². The molecule has 1 heteroatoms. The second-order valence-corrected chi connectivity index (χ2v) is 5.24. The largest absolute Gasteiger partial charge is 0.401 e. The van der Waals surface area contributed by atoms with E-state index in [0.717, 1.165) is 17.7 Å². The van der Waals surface area contributed by atoms with E-state index in [9.17, 15) is 0 Å². The molecule has 0 heterocycles. The molecular weight excluding hydrogens is 242 g/mol. The average Bonchev–Trinajstić information content (AvgIpc) is 3.28. The van der Waals surface area contributed by atoms with Crippen molar-refractivity contribution >= 4 is 0 Å². The molecule has 1 saturated carbocycles. The van der Waals surface area contributed by atoms with E-state index in [1.807, 2.05) is 24.3 Å². The summed E-state index contributed by atoms with van der Waals surface area (Å²) in [6.45, 7) is 15.9. The van der Waals surface area contributed by atoms with E-state index in [0.29, 0.717) is 5.92 Å². The van der Waals surface area contributed by atoms with Crippen molar-refractivity contribution in [1.29, 1.82) is 0 Å². The van der Waals surface area contributed by atoms with Crippen LogP contribution in [0.3, 0.4) is 0 Å². The van der Waals surface area contributed by atoms with Crippen molar-refractivity contribution in [2.75, 3.05) is 0 Å². The molecule has 1 unspecified atom stereocenters. The Morgan fingerprint density at radius 3 is 2.30 bits per heavy atom. The van der Waals surface area contributed by atoms with Crippen molar-refractivity contribution in [3.63, 3.8) is 0 Å².